The van der Waals surface area contributed by atoms with Gasteiger partial charge in [-0.15, -0.1) is 0 Å². The number of benzene rings is 2. The lowest BCUT2D eigenvalue weighted by atomic mass is 9.89. The smallest absolute Gasteiger partial charge is 0.127 e. The van der Waals surface area contributed by atoms with E-state index in [0.717, 1.165) is 29.0 Å². The molecular weight excluding hydrogens is 283 g/mol. The molecule has 23 heavy (non-hydrogen) atoms. The molecule has 124 valence electrons. The minimum atomic E-state index is -0.0706. The van der Waals surface area contributed by atoms with Crippen LogP contribution in [0.4, 0.5) is 4.39 Å². The monoisotopic (exact) mass is 312 g/mol. The maximum absolute atomic E-state index is 14.5. The van der Waals surface area contributed by atoms with Crippen molar-refractivity contribution in [3.63, 3.8) is 0 Å². The zero-order chi connectivity index (χ0) is 16.8. The van der Waals surface area contributed by atoms with Gasteiger partial charge in [-0.3, -0.25) is 0 Å². The molecule has 0 fully saturated rings. The summed E-state index contributed by atoms with van der Waals surface area (Å²) >= 11 is 0. The number of halogens is 1. The van der Waals surface area contributed by atoms with Gasteiger partial charge in [-0.1, -0.05) is 82.0 Å². The van der Waals surface area contributed by atoms with Gasteiger partial charge in [0.05, 0.1) is 0 Å². The molecule has 0 amide bonds. The first kappa shape index (κ1) is 17.7. The van der Waals surface area contributed by atoms with Gasteiger partial charge in [0, 0.05) is 0 Å². The first-order valence-electron chi connectivity index (χ1n) is 8.87. The summed E-state index contributed by atoms with van der Waals surface area (Å²) in [6.07, 6.45) is 4.73. The van der Waals surface area contributed by atoms with Crippen LogP contribution in [0.1, 0.15) is 63.5 Å². The van der Waals surface area contributed by atoms with Crippen molar-refractivity contribution in [2.75, 3.05) is 0 Å². The zero-order valence-electron chi connectivity index (χ0n) is 14.9. The van der Waals surface area contributed by atoms with E-state index in [1.807, 2.05) is 6.07 Å². The van der Waals surface area contributed by atoms with E-state index in [1.165, 1.54) is 24.8 Å². The van der Waals surface area contributed by atoms with Crippen LogP contribution in [0.2, 0.25) is 0 Å². The predicted molar refractivity (Wildman–Crippen MR) is 98.3 cm³/mol. The number of hydrogen-bond acceptors (Lipinski definition) is 0. The molecule has 0 spiro atoms. The van der Waals surface area contributed by atoms with E-state index in [2.05, 4.69) is 58.0 Å². The standard InChI is InChI=1S/C22H29F/c1-5-6-16(2)7-10-18(4)21-14-13-20(15-22(21)23)19-11-8-17(3)9-12-19/h8-9,11-16,18H,5-7,10H2,1-4H3. The second-order valence-corrected chi connectivity index (χ2v) is 6.97. The lowest BCUT2D eigenvalue weighted by molar-refractivity contribution is 0.443. The van der Waals surface area contributed by atoms with Crippen LogP contribution in [0.3, 0.4) is 0 Å². The molecule has 2 aromatic rings. The van der Waals surface area contributed by atoms with Crippen LogP contribution < -0.4 is 0 Å². The Labute approximate surface area is 140 Å². The molecular formula is C22H29F. The summed E-state index contributed by atoms with van der Waals surface area (Å²) in [5.41, 5.74) is 4.10. The van der Waals surface area contributed by atoms with E-state index in [1.54, 1.807) is 6.07 Å². The molecule has 2 unspecified atom stereocenters. The van der Waals surface area contributed by atoms with Gasteiger partial charge in [-0.25, -0.2) is 4.39 Å². The first-order chi connectivity index (χ1) is 11.0. The molecule has 0 aliphatic rings. The van der Waals surface area contributed by atoms with Gasteiger partial charge in [0.2, 0.25) is 0 Å². The van der Waals surface area contributed by atoms with E-state index in [9.17, 15) is 4.39 Å². The van der Waals surface area contributed by atoms with Crippen LogP contribution in [-0.4, -0.2) is 0 Å². The highest BCUT2D eigenvalue weighted by molar-refractivity contribution is 5.64. The van der Waals surface area contributed by atoms with Crippen molar-refractivity contribution < 1.29 is 4.39 Å². The summed E-state index contributed by atoms with van der Waals surface area (Å²) in [6.45, 7) is 8.73. The number of hydrogen-bond donors (Lipinski definition) is 0. The molecule has 0 nitrogen and oxygen atoms in total. The summed E-state index contributed by atoms with van der Waals surface area (Å²) < 4.78 is 14.5. The Hall–Kier alpha value is -1.63. The van der Waals surface area contributed by atoms with Crippen LogP contribution in [-0.2, 0) is 0 Å². The molecule has 0 heterocycles. The molecule has 0 saturated heterocycles. The van der Waals surface area contributed by atoms with Gasteiger partial charge in [-0.05, 0) is 47.9 Å². The molecule has 0 aliphatic heterocycles. The Bertz CT molecular complexity index is 612. The Balaban J connectivity index is 2.08. The third-order valence-electron chi connectivity index (χ3n) is 4.79. The van der Waals surface area contributed by atoms with Gasteiger partial charge in [0.25, 0.3) is 0 Å². The predicted octanol–water partition coefficient (Wildman–Crippen LogP) is 7.12. The number of rotatable bonds is 7. The maximum Gasteiger partial charge on any atom is 0.127 e. The fourth-order valence-corrected chi connectivity index (χ4v) is 3.18. The van der Waals surface area contributed by atoms with Gasteiger partial charge in [0.15, 0.2) is 0 Å². The minimum absolute atomic E-state index is 0.0706. The SMILES string of the molecule is CCCC(C)CCC(C)c1ccc(-c2ccc(C)cc2)cc1F. The average molecular weight is 312 g/mol. The molecule has 2 aromatic carbocycles. The largest absolute Gasteiger partial charge is 0.207 e. The Morgan fingerprint density at radius 1 is 0.870 bits per heavy atom. The molecule has 0 saturated carbocycles. The molecule has 0 radical (unpaired) electrons. The van der Waals surface area contributed by atoms with Crippen molar-refractivity contribution in [2.24, 2.45) is 5.92 Å². The van der Waals surface area contributed by atoms with Crippen LogP contribution in [0, 0.1) is 18.7 Å². The second kappa shape index (κ2) is 8.29. The lowest BCUT2D eigenvalue weighted by Gasteiger charge is -2.17. The Morgan fingerprint density at radius 3 is 2.13 bits per heavy atom. The van der Waals surface area contributed by atoms with Crippen LogP contribution in [0.25, 0.3) is 11.1 Å². The van der Waals surface area contributed by atoms with Crippen molar-refractivity contribution in [1.82, 2.24) is 0 Å². The summed E-state index contributed by atoms with van der Waals surface area (Å²) in [5, 5.41) is 0. The number of aryl methyl sites for hydroxylation is 1. The Morgan fingerprint density at radius 2 is 1.52 bits per heavy atom. The molecule has 0 N–H and O–H groups in total. The third kappa shape index (κ3) is 4.92. The highest BCUT2D eigenvalue weighted by Crippen LogP contribution is 2.29. The van der Waals surface area contributed by atoms with Crippen molar-refractivity contribution in [3.8, 4) is 11.1 Å². The fourth-order valence-electron chi connectivity index (χ4n) is 3.18. The first-order valence-corrected chi connectivity index (χ1v) is 8.87. The third-order valence-corrected chi connectivity index (χ3v) is 4.79. The molecule has 2 rings (SSSR count). The molecule has 0 aromatic heterocycles. The van der Waals surface area contributed by atoms with Gasteiger partial charge < -0.3 is 0 Å². The summed E-state index contributed by atoms with van der Waals surface area (Å²) in [7, 11) is 0. The zero-order valence-corrected chi connectivity index (χ0v) is 14.9. The van der Waals surface area contributed by atoms with E-state index in [-0.39, 0.29) is 11.7 Å². The molecule has 1 heteroatoms. The van der Waals surface area contributed by atoms with Crippen molar-refractivity contribution in [1.29, 1.82) is 0 Å². The van der Waals surface area contributed by atoms with Gasteiger partial charge >= 0.3 is 0 Å². The van der Waals surface area contributed by atoms with Crippen molar-refractivity contribution in [3.05, 3.63) is 59.4 Å². The average Bonchev–Trinajstić information content (AvgIpc) is 2.53. The maximum atomic E-state index is 14.5. The van der Waals surface area contributed by atoms with Gasteiger partial charge in [-0.2, -0.15) is 0 Å². The minimum Gasteiger partial charge on any atom is -0.207 e. The second-order valence-electron chi connectivity index (χ2n) is 6.97. The van der Waals surface area contributed by atoms with E-state index < -0.39 is 0 Å². The van der Waals surface area contributed by atoms with E-state index in [4.69, 9.17) is 0 Å². The highest BCUT2D eigenvalue weighted by atomic mass is 19.1. The van der Waals surface area contributed by atoms with Crippen LogP contribution in [0.15, 0.2) is 42.5 Å². The fraction of sp³-hybridized carbons (Fsp3) is 0.455. The van der Waals surface area contributed by atoms with E-state index in [0.29, 0.717) is 0 Å². The highest BCUT2D eigenvalue weighted by Gasteiger charge is 2.13. The van der Waals surface area contributed by atoms with E-state index >= 15 is 0 Å². The molecule has 0 aliphatic carbocycles. The summed E-state index contributed by atoms with van der Waals surface area (Å²) in [5.74, 6) is 0.942. The summed E-state index contributed by atoms with van der Waals surface area (Å²) in [6, 6.07) is 14.0. The lowest BCUT2D eigenvalue weighted by Crippen LogP contribution is -2.02. The molecule has 0 bridgehead atoms. The van der Waals surface area contributed by atoms with Crippen molar-refractivity contribution in [2.45, 2.75) is 59.3 Å². The van der Waals surface area contributed by atoms with Crippen molar-refractivity contribution >= 4 is 0 Å². The topological polar surface area (TPSA) is 0 Å². The Kier molecular flexibility index (Phi) is 6.38. The summed E-state index contributed by atoms with van der Waals surface area (Å²) in [4.78, 5) is 0. The quantitative estimate of drug-likeness (QED) is 0.510. The van der Waals surface area contributed by atoms with Crippen LogP contribution >= 0.6 is 0 Å². The van der Waals surface area contributed by atoms with Crippen LogP contribution in [0.5, 0.6) is 0 Å². The molecule has 2 atom stereocenters. The van der Waals surface area contributed by atoms with Gasteiger partial charge in [0.1, 0.15) is 5.82 Å². The normalized spacial score (nSPS) is 13.8.